The Bertz CT molecular complexity index is 8400. The van der Waals surface area contributed by atoms with Crippen molar-refractivity contribution in [1.29, 1.82) is 0 Å². The SMILES string of the molecule is c1cc(-c2cc(-c3ccc(-c4ccncc4)cc3)nc(-c3ccncc3)n2)cc(-n2c3ccccc3c3c4sccc4ccc32)c1.c1cc(-c2nc(-c3ccncc3)cc(-c3ccc(-c4ccncc4)cc3)n2)cc(-n2c3ccccc3c3c4sccc4ccc32)c1.c1cc(-c2nc(-c3ccncc3)nc(-c3ccc(-c4ccncc4)cc3)n2)cc(-n2c3ccccc3c3c4sccc4ccc32)c1. The van der Waals surface area contributed by atoms with E-state index in [4.69, 9.17) is 34.9 Å². The third-order valence-electron chi connectivity index (χ3n) is 25.4. The predicted molar refractivity (Wildman–Crippen MR) is 565 cm³/mol. The largest absolute Gasteiger partial charge is 0.309 e. The van der Waals surface area contributed by atoms with Crippen LogP contribution in [0.25, 0.3) is 248 Å². The van der Waals surface area contributed by atoms with Gasteiger partial charge in [0, 0.05) is 188 Å². The van der Waals surface area contributed by atoms with Crippen LogP contribution in [0.5, 0.6) is 0 Å². The van der Waals surface area contributed by atoms with Crippen molar-refractivity contribution in [1.82, 2.24) is 78.5 Å². The molecule has 0 unspecified atom stereocenters. The van der Waals surface area contributed by atoms with Gasteiger partial charge in [-0.15, -0.1) is 34.0 Å². The maximum atomic E-state index is 5.14. The topological polar surface area (TPSA) is 182 Å². The van der Waals surface area contributed by atoms with Crippen LogP contribution in [-0.4, -0.2) is 78.5 Å². The minimum Gasteiger partial charge on any atom is -0.309 e. The van der Waals surface area contributed by atoms with Crippen molar-refractivity contribution >= 4 is 130 Å². The lowest BCUT2D eigenvalue weighted by atomic mass is 10.0. The molecule has 648 valence electrons. The van der Waals surface area contributed by atoms with E-state index in [-0.39, 0.29) is 0 Å². The Balaban J connectivity index is 0.000000110. The fourth-order valence-electron chi connectivity index (χ4n) is 18.8. The number of pyridine rings is 6. The maximum absolute atomic E-state index is 5.14. The molecule has 0 fully saturated rings. The van der Waals surface area contributed by atoms with Gasteiger partial charge in [-0.2, -0.15) is 0 Å². The molecule has 27 aromatic rings. The lowest BCUT2D eigenvalue weighted by Crippen LogP contribution is -2.01. The standard InChI is InChI=1S/2C40H25N5S.C39H24N6S/c1-2-7-36-33(6-1)38-37(13-12-30-18-23-46-39(30)38)45(36)32-5-3-4-31(24-32)40-43-34(25-35(44-40)29-16-21-42-22-17-29)28-10-8-26(9-11-28)27-14-19-41-20-15-27;1-2-7-36-33(6-1)38-37(13-12-29-18-23-46-39(29)38)45(36)32-5-3-4-31(24-32)35-25-34(43-40(44-35)30-16-21-42-22-17-30)28-10-8-26(9-11-28)27-14-19-41-20-15-27;1-2-7-33-32(6-1)35-34(13-12-27-18-23-46-36(27)35)45(33)31-5-3-4-30(24-31)39-43-37(42-38(44-39)29-16-21-41-22-17-29)28-10-8-25(9-11-28)26-14-19-40-20-15-26/h2*1-25H;1-24H. The van der Waals surface area contributed by atoms with E-state index in [1.165, 1.54) is 95.7 Å². The van der Waals surface area contributed by atoms with Crippen molar-refractivity contribution in [2.24, 2.45) is 0 Å². The van der Waals surface area contributed by atoms with Crippen molar-refractivity contribution in [3.63, 3.8) is 0 Å². The van der Waals surface area contributed by atoms with Gasteiger partial charge in [0.1, 0.15) is 0 Å². The summed E-state index contributed by atoms with van der Waals surface area (Å²) in [4.78, 5) is 60.4. The summed E-state index contributed by atoms with van der Waals surface area (Å²) in [5.74, 6) is 3.16. The predicted octanol–water partition coefficient (Wildman–Crippen LogP) is 30.1. The molecule has 0 aliphatic carbocycles. The summed E-state index contributed by atoms with van der Waals surface area (Å²) in [6, 6.07) is 125. The molecular weight excluding hydrogens is 1750 g/mol. The van der Waals surface area contributed by atoms with Gasteiger partial charge in [-0.05, 0) is 242 Å². The zero-order valence-corrected chi connectivity index (χ0v) is 76.1. The summed E-state index contributed by atoms with van der Waals surface area (Å²) in [6.07, 6.45) is 21.6. The minimum absolute atomic E-state index is 0.600. The van der Waals surface area contributed by atoms with Gasteiger partial charge in [-0.3, -0.25) is 29.9 Å². The van der Waals surface area contributed by atoms with E-state index in [0.717, 1.165) is 123 Å². The normalized spacial score (nSPS) is 11.5. The first-order valence-corrected chi connectivity index (χ1v) is 47.8. The van der Waals surface area contributed by atoms with Crippen LogP contribution in [0.4, 0.5) is 0 Å². The molecule has 0 atom stereocenters. The molecule has 138 heavy (non-hydrogen) atoms. The number of benzene rings is 12. The maximum Gasteiger partial charge on any atom is 0.164 e. The molecule has 0 aliphatic rings. The van der Waals surface area contributed by atoms with Crippen molar-refractivity contribution in [3.8, 4) is 152 Å². The summed E-state index contributed by atoms with van der Waals surface area (Å²) in [6.45, 7) is 0. The number of hydrogen-bond acceptors (Lipinski definition) is 16. The molecular formula is C119H74N16S3. The van der Waals surface area contributed by atoms with Crippen molar-refractivity contribution in [2.45, 2.75) is 0 Å². The highest BCUT2D eigenvalue weighted by atomic mass is 32.1. The van der Waals surface area contributed by atoms with Crippen molar-refractivity contribution < 1.29 is 0 Å². The highest BCUT2D eigenvalue weighted by Gasteiger charge is 2.24. The Morgan fingerprint density at radius 2 is 0.413 bits per heavy atom. The molecule has 0 saturated heterocycles. The minimum atomic E-state index is 0.600. The average molecular weight is 1820 g/mol. The van der Waals surface area contributed by atoms with E-state index in [1.54, 1.807) is 83.6 Å². The van der Waals surface area contributed by atoms with E-state index >= 15 is 0 Å². The number of para-hydroxylation sites is 3. The van der Waals surface area contributed by atoms with Crippen LogP contribution in [0, 0.1) is 0 Å². The average Bonchev–Trinajstić information content (AvgIpc) is 1.58. The number of thiophene rings is 3. The molecule has 0 bridgehead atoms. The zero-order chi connectivity index (χ0) is 91.4. The van der Waals surface area contributed by atoms with Crippen LogP contribution in [-0.2, 0) is 0 Å². The van der Waals surface area contributed by atoms with Crippen LogP contribution in [0.1, 0.15) is 0 Å². The zero-order valence-electron chi connectivity index (χ0n) is 73.6. The Hall–Kier alpha value is -18.0. The van der Waals surface area contributed by atoms with Crippen LogP contribution < -0.4 is 0 Å². The quantitative estimate of drug-likeness (QED) is 0.0946. The van der Waals surface area contributed by atoms with Gasteiger partial charge >= 0.3 is 0 Å². The Morgan fingerprint density at radius 1 is 0.167 bits per heavy atom. The summed E-state index contributed by atoms with van der Waals surface area (Å²) >= 11 is 5.39. The van der Waals surface area contributed by atoms with Gasteiger partial charge in [0.05, 0.1) is 55.9 Å². The van der Waals surface area contributed by atoms with Gasteiger partial charge in [0.15, 0.2) is 29.1 Å². The van der Waals surface area contributed by atoms with Gasteiger partial charge in [0.25, 0.3) is 0 Å². The highest BCUT2D eigenvalue weighted by molar-refractivity contribution is 7.19. The van der Waals surface area contributed by atoms with Crippen molar-refractivity contribution in [3.05, 3.63) is 448 Å². The molecule has 15 heterocycles. The smallest absolute Gasteiger partial charge is 0.164 e. The van der Waals surface area contributed by atoms with Crippen LogP contribution >= 0.6 is 34.0 Å². The number of rotatable bonds is 15. The van der Waals surface area contributed by atoms with E-state index in [9.17, 15) is 0 Å². The molecule has 16 nitrogen and oxygen atoms in total. The molecule has 0 saturated carbocycles. The first-order chi connectivity index (χ1) is 68.4. The monoisotopic (exact) mass is 1820 g/mol. The second kappa shape index (κ2) is 35.5. The van der Waals surface area contributed by atoms with Gasteiger partial charge in [-0.25, -0.2) is 34.9 Å². The molecule has 0 N–H and O–H groups in total. The van der Waals surface area contributed by atoms with E-state index in [1.807, 2.05) is 97.6 Å². The van der Waals surface area contributed by atoms with Gasteiger partial charge < -0.3 is 13.7 Å². The van der Waals surface area contributed by atoms with Gasteiger partial charge in [-0.1, -0.05) is 182 Å². The van der Waals surface area contributed by atoms with Crippen LogP contribution in [0.3, 0.4) is 0 Å². The number of hydrogen-bond donors (Lipinski definition) is 0. The number of aromatic nitrogens is 16. The van der Waals surface area contributed by atoms with Gasteiger partial charge in [0.2, 0.25) is 0 Å². The van der Waals surface area contributed by atoms with E-state index in [2.05, 4.69) is 345 Å². The number of nitrogens with zero attached hydrogens (tertiary/aromatic N) is 16. The molecule has 15 aromatic heterocycles. The van der Waals surface area contributed by atoms with Crippen LogP contribution in [0.2, 0.25) is 0 Å². The molecule has 0 radical (unpaired) electrons. The summed E-state index contributed by atoms with van der Waals surface area (Å²) in [5.41, 5.74) is 29.1. The fourth-order valence-corrected chi connectivity index (χ4v) is 21.7. The van der Waals surface area contributed by atoms with Crippen molar-refractivity contribution in [2.75, 3.05) is 0 Å². The molecule has 0 amide bonds. The molecule has 27 rings (SSSR count). The fraction of sp³-hybridized carbons (Fsp3) is 0. The first-order valence-electron chi connectivity index (χ1n) is 45.2. The summed E-state index contributed by atoms with van der Waals surface area (Å²) in [7, 11) is 0. The molecule has 12 aromatic carbocycles. The molecule has 19 heteroatoms. The van der Waals surface area contributed by atoms with Crippen LogP contribution in [0.15, 0.2) is 448 Å². The molecule has 0 aliphatic heterocycles. The highest BCUT2D eigenvalue weighted by Crippen LogP contribution is 2.45. The van der Waals surface area contributed by atoms with E-state index in [0.29, 0.717) is 29.1 Å². The summed E-state index contributed by atoms with van der Waals surface area (Å²) < 4.78 is 11.0. The Kier molecular flexibility index (Phi) is 21.1. The second-order valence-electron chi connectivity index (χ2n) is 33.5. The Labute approximate surface area is 803 Å². The first kappa shape index (κ1) is 81.9. The third kappa shape index (κ3) is 15.4. The third-order valence-corrected chi connectivity index (χ3v) is 28.2. The molecule has 0 spiro atoms. The lowest BCUT2D eigenvalue weighted by molar-refractivity contribution is 1.07. The van der Waals surface area contributed by atoms with E-state index < -0.39 is 0 Å². The number of fused-ring (bicyclic) bond motifs is 15. The lowest BCUT2D eigenvalue weighted by Gasteiger charge is -2.12. The Morgan fingerprint density at radius 3 is 0.761 bits per heavy atom. The second-order valence-corrected chi connectivity index (χ2v) is 36.2. The summed E-state index contributed by atoms with van der Waals surface area (Å²) in [5, 5.41) is 18.0.